The first-order valence-electron chi connectivity index (χ1n) is 4.74. The van der Waals surface area contributed by atoms with E-state index in [1.807, 2.05) is 13.0 Å². The molecule has 0 saturated heterocycles. The summed E-state index contributed by atoms with van der Waals surface area (Å²) in [6.45, 7) is 1.82. The maximum absolute atomic E-state index is 11.7. The van der Waals surface area contributed by atoms with Crippen LogP contribution in [0.2, 0.25) is 10.0 Å². The molecular weight excluding hydrogens is 245 g/mol. The molecule has 0 aliphatic heterocycles. The van der Waals surface area contributed by atoms with Gasteiger partial charge in [0.25, 0.3) is 5.56 Å². The monoisotopic (exact) mass is 253 g/mol. The van der Waals surface area contributed by atoms with Gasteiger partial charge in [0.2, 0.25) is 0 Å². The first kappa shape index (κ1) is 11.2. The van der Waals surface area contributed by atoms with Crippen molar-refractivity contribution in [3.63, 3.8) is 0 Å². The number of hydrogen-bond acceptors (Lipinski definition) is 1. The van der Waals surface area contributed by atoms with Crippen molar-refractivity contribution < 1.29 is 0 Å². The van der Waals surface area contributed by atoms with E-state index < -0.39 is 0 Å². The Morgan fingerprint density at radius 3 is 2.50 bits per heavy atom. The highest BCUT2D eigenvalue weighted by Gasteiger charge is 2.09. The molecule has 1 aromatic carbocycles. The fourth-order valence-electron chi connectivity index (χ4n) is 1.50. The van der Waals surface area contributed by atoms with Crippen LogP contribution in [0.1, 0.15) is 5.69 Å². The van der Waals surface area contributed by atoms with Crippen LogP contribution < -0.4 is 5.56 Å². The highest BCUT2D eigenvalue weighted by molar-refractivity contribution is 6.43. The number of benzene rings is 1. The maximum Gasteiger partial charge on any atom is 0.256 e. The third-order valence-corrected chi connectivity index (χ3v) is 3.12. The molecule has 2 nitrogen and oxygen atoms in total. The van der Waals surface area contributed by atoms with Gasteiger partial charge >= 0.3 is 0 Å². The molecular formula is C12H9Cl2NO. The van der Waals surface area contributed by atoms with Crippen molar-refractivity contribution in [1.29, 1.82) is 0 Å². The van der Waals surface area contributed by atoms with Gasteiger partial charge in [-0.2, -0.15) is 0 Å². The molecule has 0 saturated carbocycles. The van der Waals surface area contributed by atoms with E-state index in [9.17, 15) is 4.79 Å². The lowest BCUT2D eigenvalue weighted by Gasteiger charge is -2.05. The van der Waals surface area contributed by atoms with Crippen molar-refractivity contribution in [2.45, 2.75) is 6.92 Å². The SMILES string of the molecule is Cc1ccc(-c2cccc(Cl)c2Cl)c(=O)[nH]1. The molecule has 0 aliphatic carbocycles. The van der Waals surface area contributed by atoms with Gasteiger partial charge in [-0.05, 0) is 25.1 Å². The van der Waals surface area contributed by atoms with Gasteiger partial charge in [-0.25, -0.2) is 0 Å². The van der Waals surface area contributed by atoms with Crippen LogP contribution in [0, 0.1) is 6.92 Å². The smallest absolute Gasteiger partial charge is 0.256 e. The average Bonchev–Trinajstić information content (AvgIpc) is 2.23. The molecule has 0 radical (unpaired) electrons. The van der Waals surface area contributed by atoms with Gasteiger partial charge in [-0.3, -0.25) is 4.79 Å². The summed E-state index contributed by atoms with van der Waals surface area (Å²) in [5.41, 5.74) is 1.82. The molecule has 16 heavy (non-hydrogen) atoms. The number of aromatic nitrogens is 1. The molecule has 0 aliphatic rings. The maximum atomic E-state index is 11.7. The molecule has 4 heteroatoms. The third kappa shape index (κ3) is 1.99. The Morgan fingerprint density at radius 2 is 1.81 bits per heavy atom. The van der Waals surface area contributed by atoms with E-state index in [1.165, 1.54) is 0 Å². The molecule has 0 bridgehead atoms. The molecule has 0 spiro atoms. The van der Waals surface area contributed by atoms with Gasteiger partial charge in [-0.1, -0.05) is 35.3 Å². The number of rotatable bonds is 1. The second-order valence-electron chi connectivity index (χ2n) is 3.49. The number of pyridine rings is 1. The Kier molecular flexibility index (Phi) is 3.03. The van der Waals surface area contributed by atoms with Crippen molar-refractivity contribution in [2.24, 2.45) is 0 Å². The van der Waals surface area contributed by atoms with Gasteiger partial charge in [0, 0.05) is 16.8 Å². The molecule has 0 amide bonds. The fourth-order valence-corrected chi connectivity index (χ4v) is 1.90. The lowest BCUT2D eigenvalue weighted by Crippen LogP contribution is -2.09. The van der Waals surface area contributed by atoms with E-state index in [-0.39, 0.29) is 5.56 Å². The lowest BCUT2D eigenvalue weighted by atomic mass is 10.1. The van der Waals surface area contributed by atoms with Crippen LogP contribution in [0.25, 0.3) is 11.1 Å². The Bertz CT molecular complexity index is 590. The van der Waals surface area contributed by atoms with E-state index >= 15 is 0 Å². The molecule has 0 unspecified atom stereocenters. The first-order valence-corrected chi connectivity index (χ1v) is 5.49. The van der Waals surface area contributed by atoms with Crippen LogP contribution in [0.5, 0.6) is 0 Å². The first-order chi connectivity index (χ1) is 7.59. The van der Waals surface area contributed by atoms with Gasteiger partial charge in [0.05, 0.1) is 10.0 Å². The summed E-state index contributed by atoms with van der Waals surface area (Å²) < 4.78 is 0. The van der Waals surface area contributed by atoms with Crippen molar-refractivity contribution in [2.75, 3.05) is 0 Å². The summed E-state index contributed by atoms with van der Waals surface area (Å²) in [6.07, 6.45) is 0. The zero-order chi connectivity index (χ0) is 11.7. The fraction of sp³-hybridized carbons (Fsp3) is 0.0833. The van der Waals surface area contributed by atoms with E-state index in [4.69, 9.17) is 23.2 Å². The zero-order valence-corrected chi connectivity index (χ0v) is 10.1. The van der Waals surface area contributed by atoms with Crippen molar-refractivity contribution in [1.82, 2.24) is 4.98 Å². The quantitative estimate of drug-likeness (QED) is 0.827. The average molecular weight is 254 g/mol. The number of H-pyrrole nitrogens is 1. The predicted octanol–water partition coefficient (Wildman–Crippen LogP) is 3.66. The molecule has 2 aromatic rings. The summed E-state index contributed by atoms with van der Waals surface area (Å²) in [6, 6.07) is 8.80. The number of nitrogens with one attached hydrogen (secondary N) is 1. The van der Waals surface area contributed by atoms with E-state index in [1.54, 1.807) is 24.3 Å². The minimum absolute atomic E-state index is 0.163. The van der Waals surface area contributed by atoms with Crippen molar-refractivity contribution in [3.05, 3.63) is 56.4 Å². The van der Waals surface area contributed by atoms with Crippen LogP contribution in [0.15, 0.2) is 35.1 Å². The number of hydrogen-bond donors (Lipinski definition) is 1. The third-order valence-electron chi connectivity index (χ3n) is 2.30. The zero-order valence-electron chi connectivity index (χ0n) is 8.55. The molecule has 1 aromatic heterocycles. The van der Waals surface area contributed by atoms with Gasteiger partial charge in [0.1, 0.15) is 0 Å². The predicted molar refractivity (Wildman–Crippen MR) is 67.3 cm³/mol. The van der Waals surface area contributed by atoms with Gasteiger partial charge < -0.3 is 4.98 Å². The number of halogens is 2. The van der Waals surface area contributed by atoms with E-state index in [0.717, 1.165) is 5.69 Å². The summed E-state index contributed by atoms with van der Waals surface area (Å²) >= 11 is 12.0. The van der Waals surface area contributed by atoms with E-state index in [2.05, 4.69) is 4.98 Å². The second-order valence-corrected chi connectivity index (χ2v) is 4.27. The van der Waals surface area contributed by atoms with Crippen LogP contribution in [-0.4, -0.2) is 4.98 Å². The van der Waals surface area contributed by atoms with E-state index in [0.29, 0.717) is 21.2 Å². The lowest BCUT2D eigenvalue weighted by molar-refractivity contribution is 1.15. The topological polar surface area (TPSA) is 32.9 Å². The summed E-state index contributed by atoms with van der Waals surface area (Å²) in [7, 11) is 0. The van der Waals surface area contributed by atoms with Gasteiger partial charge in [0.15, 0.2) is 0 Å². The van der Waals surface area contributed by atoms with Crippen LogP contribution in [-0.2, 0) is 0 Å². The molecule has 2 rings (SSSR count). The Morgan fingerprint density at radius 1 is 1.06 bits per heavy atom. The van der Waals surface area contributed by atoms with Crippen LogP contribution in [0.3, 0.4) is 0 Å². The second kappa shape index (κ2) is 4.32. The Hall–Kier alpha value is -1.25. The standard InChI is InChI=1S/C12H9Cl2NO/c1-7-5-6-9(12(16)15-7)8-3-2-4-10(13)11(8)14/h2-6H,1H3,(H,15,16). The highest BCUT2D eigenvalue weighted by atomic mass is 35.5. The van der Waals surface area contributed by atoms with Crippen LogP contribution >= 0.6 is 23.2 Å². The molecule has 1 heterocycles. The molecule has 1 N–H and O–H groups in total. The Labute approximate surface area is 103 Å². The summed E-state index contributed by atoms with van der Waals surface area (Å²) in [4.78, 5) is 14.5. The minimum Gasteiger partial charge on any atom is -0.326 e. The van der Waals surface area contributed by atoms with Crippen LogP contribution in [0.4, 0.5) is 0 Å². The highest BCUT2D eigenvalue weighted by Crippen LogP contribution is 2.31. The number of aryl methyl sites for hydroxylation is 1. The minimum atomic E-state index is -0.163. The molecule has 82 valence electrons. The molecule has 0 atom stereocenters. The van der Waals surface area contributed by atoms with Crippen molar-refractivity contribution >= 4 is 23.2 Å². The molecule has 0 fully saturated rings. The van der Waals surface area contributed by atoms with Gasteiger partial charge in [-0.15, -0.1) is 0 Å². The largest absolute Gasteiger partial charge is 0.326 e. The summed E-state index contributed by atoms with van der Waals surface area (Å²) in [5, 5.41) is 0.845. The Balaban J connectivity index is 2.68. The van der Waals surface area contributed by atoms with Crippen molar-refractivity contribution in [3.8, 4) is 11.1 Å². The number of aromatic amines is 1. The normalized spacial score (nSPS) is 10.4. The summed E-state index contributed by atoms with van der Waals surface area (Å²) in [5.74, 6) is 0.